The lowest BCUT2D eigenvalue weighted by atomic mass is 10.2. The number of guanidine groups is 1. The van der Waals surface area contributed by atoms with Crippen molar-refractivity contribution in [1.29, 1.82) is 5.41 Å². The Morgan fingerprint density at radius 3 is 2.42 bits per heavy atom. The summed E-state index contributed by atoms with van der Waals surface area (Å²) in [7, 11) is 0. The van der Waals surface area contributed by atoms with Gasteiger partial charge in [0.05, 0.1) is 5.56 Å². The van der Waals surface area contributed by atoms with Crippen molar-refractivity contribution in [3.05, 3.63) is 54.1 Å². The predicted molar refractivity (Wildman–Crippen MR) is 95.8 cm³/mol. The molecule has 0 saturated heterocycles. The summed E-state index contributed by atoms with van der Waals surface area (Å²) in [5, 5.41) is 18.6. The number of rotatable bonds is 7. The van der Waals surface area contributed by atoms with Crippen molar-refractivity contribution < 1.29 is 14.6 Å². The van der Waals surface area contributed by atoms with Crippen molar-refractivity contribution in [3.63, 3.8) is 0 Å². The second-order valence-electron chi connectivity index (χ2n) is 4.90. The topological polar surface area (TPSA) is 108 Å². The molecule has 2 rings (SSSR count). The first-order valence-electron chi connectivity index (χ1n) is 7.35. The predicted octanol–water partition coefficient (Wildman–Crippen LogP) is 2.69. The lowest BCUT2D eigenvalue weighted by Crippen LogP contribution is -2.20. The summed E-state index contributed by atoms with van der Waals surface area (Å²) in [6, 6.07) is 13.8. The first-order valence-corrected chi connectivity index (χ1v) is 8.34. The molecule has 2 aromatic rings. The first kappa shape index (κ1) is 17.8. The van der Waals surface area contributed by atoms with Crippen LogP contribution in [0.15, 0.2) is 53.4 Å². The number of ether oxygens (including phenoxy) is 1. The van der Waals surface area contributed by atoms with Crippen LogP contribution in [0, 0.1) is 5.41 Å². The number of carbonyl (C=O) groups excluding carboxylic acids is 1. The molecule has 0 atom stereocenters. The third-order valence-corrected chi connectivity index (χ3v) is 4.10. The molecule has 0 saturated carbocycles. The second-order valence-corrected chi connectivity index (χ2v) is 6.07. The van der Waals surface area contributed by atoms with E-state index in [0.717, 1.165) is 17.1 Å². The molecule has 0 aliphatic carbocycles. The van der Waals surface area contributed by atoms with Crippen molar-refractivity contribution in [1.82, 2.24) is 0 Å². The van der Waals surface area contributed by atoms with Crippen LogP contribution in [0.3, 0.4) is 0 Å². The van der Waals surface area contributed by atoms with Gasteiger partial charge >= 0.3 is 5.97 Å². The van der Waals surface area contributed by atoms with Crippen molar-refractivity contribution in [2.75, 3.05) is 17.7 Å². The van der Waals surface area contributed by atoms with E-state index in [1.54, 1.807) is 48.2 Å². The van der Waals surface area contributed by atoms with Crippen LogP contribution in [0.25, 0.3) is 0 Å². The molecule has 0 aliphatic rings. The fourth-order valence-corrected chi connectivity index (χ4v) is 2.71. The van der Waals surface area contributed by atoms with Gasteiger partial charge in [0.2, 0.25) is 0 Å². The number of nitrogens with one attached hydrogen (secondary N) is 2. The average molecular weight is 345 g/mol. The minimum Gasteiger partial charge on any atom is -0.423 e. The summed E-state index contributed by atoms with van der Waals surface area (Å²) in [5.74, 6) is 0.695. The standard InChI is InChI=1S/C17H19N3O3S/c18-17(19)20-13-4-2-12(3-5-13)16(22)23-14-6-8-15(9-7-14)24-11-1-10-21/h2-9,21H,1,10-11H2,(H4,18,19,20). The molecule has 0 radical (unpaired) electrons. The number of aliphatic hydroxyl groups excluding tert-OH is 1. The Bertz CT molecular complexity index is 687. The normalized spacial score (nSPS) is 10.2. The highest BCUT2D eigenvalue weighted by Gasteiger charge is 2.08. The fourth-order valence-electron chi connectivity index (χ4n) is 1.87. The monoisotopic (exact) mass is 345 g/mol. The highest BCUT2D eigenvalue weighted by Crippen LogP contribution is 2.22. The van der Waals surface area contributed by atoms with Gasteiger partial charge in [-0.1, -0.05) is 0 Å². The van der Waals surface area contributed by atoms with Gasteiger partial charge < -0.3 is 20.9 Å². The zero-order valence-corrected chi connectivity index (χ0v) is 13.8. The summed E-state index contributed by atoms with van der Waals surface area (Å²) >= 11 is 1.64. The summed E-state index contributed by atoms with van der Waals surface area (Å²) < 4.78 is 5.33. The fraction of sp³-hybridized carbons (Fsp3) is 0.176. The van der Waals surface area contributed by atoms with E-state index in [-0.39, 0.29) is 12.6 Å². The Morgan fingerprint density at radius 2 is 1.83 bits per heavy atom. The smallest absolute Gasteiger partial charge is 0.343 e. The SMILES string of the molecule is N=C(N)Nc1ccc(C(=O)Oc2ccc(SCCCO)cc2)cc1. The third-order valence-electron chi connectivity index (χ3n) is 3.01. The lowest BCUT2D eigenvalue weighted by molar-refractivity contribution is 0.0734. The summed E-state index contributed by atoms with van der Waals surface area (Å²) in [6.45, 7) is 0.184. The van der Waals surface area contributed by atoms with E-state index in [1.807, 2.05) is 12.1 Å². The van der Waals surface area contributed by atoms with E-state index in [9.17, 15) is 4.79 Å². The molecule has 0 aliphatic heterocycles. The Labute approximate surface area is 144 Å². The molecule has 0 fully saturated rings. The molecule has 0 aromatic heterocycles. The molecule has 7 heteroatoms. The maximum Gasteiger partial charge on any atom is 0.343 e. The third kappa shape index (κ3) is 5.60. The number of benzene rings is 2. The molecule has 0 spiro atoms. The quantitative estimate of drug-likeness (QED) is 0.153. The molecule has 0 heterocycles. The largest absolute Gasteiger partial charge is 0.423 e. The Kier molecular flexibility index (Phi) is 6.65. The van der Waals surface area contributed by atoms with Crippen LogP contribution in [0.5, 0.6) is 5.75 Å². The van der Waals surface area contributed by atoms with E-state index in [4.69, 9.17) is 21.0 Å². The van der Waals surface area contributed by atoms with Gasteiger partial charge in [0.1, 0.15) is 5.75 Å². The van der Waals surface area contributed by atoms with Crippen LogP contribution in [0.1, 0.15) is 16.8 Å². The number of hydrogen-bond donors (Lipinski definition) is 4. The van der Waals surface area contributed by atoms with E-state index in [0.29, 0.717) is 17.0 Å². The summed E-state index contributed by atoms with van der Waals surface area (Å²) in [6.07, 6.45) is 0.746. The van der Waals surface area contributed by atoms with Gasteiger partial charge in [0.15, 0.2) is 5.96 Å². The molecule has 0 bridgehead atoms. The number of esters is 1. The lowest BCUT2D eigenvalue weighted by Gasteiger charge is -2.07. The van der Waals surface area contributed by atoms with Gasteiger partial charge in [-0.3, -0.25) is 5.41 Å². The first-order chi connectivity index (χ1) is 11.6. The van der Waals surface area contributed by atoms with E-state index >= 15 is 0 Å². The highest BCUT2D eigenvalue weighted by molar-refractivity contribution is 7.99. The number of carbonyl (C=O) groups is 1. The Morgan fingerprint density at radius 1 is 1.17 bits per heavy atom. The number of hydrogen-bond acceptors (Lipinski definition) is 5. The maximum atomic E-state index is 12.1. The van der Waals surface area contributed by atoms with Crippen LogP contribution in [-0.4, -0.2) is 29.4 Å². The van der Waals surface area contributed by atoms with E-state index in [2.05, 4.69) is 5.32 Å². The highest BCUT2D eigenvalue weighted by atomic mass is 32.2. The Hall–Kier alpha value is -2.51. The minimum atomic E-state index is -0.454. The molecular formula is C17H19N3O3S. The van der Waals surface area contributed by atoms with Gasteiger partial charge in [0, 0.05) is 22.9 Å². The number of anilines is 1. The van der Waals surface area contributed by atoms with Gasteiger partial charge in [-0.2, -0.15) is 0 Å². The van der Waals surface area contributed by atoms with E-state index < -0.39 is 5.97 Å². The molecule has 0 amide bonds. The second kappa shape index (κ2) is 8.95. The van der Waals surface area contributed by atoms with Crippen LogP contribution < -0.4 is 15.8 Å². The number of nitrogens with two attached hydrogens (primary N) is 1. The minimum absolute atomic E-state index is 0.165. The summed E-state index contributed by atoms with van der Waals surface area (Å²) in [4.78, 5) is 13.2. The zero-order chi connectivity index (χ0) is 17.4. The molecular weight excluding hydrogens is 326 g/mol. The molecule has 6 nitrogen and oxygen atoms in total. The van der Waals surface area contributed by atoms with Gasteiger partial charge in [-0.25, -0.2) is 4.79 Å². The maximum absolute atomic E-state index is 12.1. The zero-order valence-electron chi connectivity index (χ0n) is 13.0. The molecule has 24 heavy (non-hydrogen) atoms. The molecule has 5 N–H and O–H groups in total. The van der Waals surface area contributed by atoms with Crippen molar-refractivity contribution in [2.45, 2.75) is 11.3 Å². The van der Waals surface area contributed by atoms with Crippen LogP contribution in [-0.2, 0) is 0 Å². The molecule has 2 aromatic carbocycles. The van der Waals surface area contributed by atoms with Crippen LogP contribution >= 0.6 is 11.8 Å². The van der Waals surface area contributed by atoms with Gasteiger partial charge in [0.25, 0.3) is 0 Å². The summed E-state index contributed by atoms with van der Waals surface area (Å²) in [5.41, 5.74) is 6.28. The van der Waals surface area contributed by atoms with Crippen molar-refractivity contribution >= 4 is 29.4 Å². The number of aliphatic hydroxyl groups is 1. The van der Waals surface area contributed by atoms with Crippen molar-refractivity contribution in [3.8, 4) is 5.75 Å². The Balaban J connectivity index is 1.92. The molecule has 0 unspecified atom stereocenters. The number of thioether (sulfide) groups is 1. The molecule has 126 valence electrons. The average Bonchev–Trinajstić information content (AvgIpc) is 2.57. The van der Waals surface area contributed by atoms with Gasteiger partial charge in [-0.05, 0) is 55.0 Å². The van der Waals surface area contributed by atoms with Gasteiger partial charge in [-0.15, -0.1) is 11.8 Å². The van der Waals surface area contributed by atoms with Crippen molar-refractivity contribution in [2.24, 2.45) is 5.73 Å². The van der Waals surface area contributed by atoms with E-state index in [1.165, 1.54) is 0 Å². The van der Waals surface area contributed by atoms with Crippen LogP contribution in [0.4, 0.5) is 5.69 Å². The van der Waals surface area contributed by atoms with Crippen LogP contribution in [0.2, 0.25) is 0 Å².